The largest absolute Gasteiger partial charge is 0.354 e. The lowest BCUT2D eigenvalue weighted by Gasteiger charge is -2.19. The standard InChI is InChI=1S/C12H20N8/c1-5-13-11-15-10(9-8-14-18-19(9)4)16-12(17-11)20(6-2)7-3/h8H,5-7H2,1-4H3,(H,13,15,16,17). The van der Waals surface area contributed by atoms with Crippen molar-refractivity contribution in [2.75, 3.05) is 29.9 Å². The Morgan fingerprint density at radius 3 is 2.45 bits per heavy atom. The van der Waals surface area contributed by atoms with E-state index in [1.54, 1.807) is 10.9 Å². The first-order valence-corrected chi connectivity index (χ1v) is 6.79. The van der Waals surface area contributed by atoms with Crippen molar-refractivity contribution in [3.05, 3.63) is 6.20 Å². The van der Waals surface area contributed by atoms with Crippen LogP contribution in [0.2, 0.25) is 0 Å². The van der Waals surface area contributed by atoms with E-state index >= 15 is 0 Å². The number of rotatable bonds is 6. The molecule has 0 aliphatic heterocycles. The van der Waals surface area contributed by atoms with E-state index in [1.165, 1.54) is 0 Å². The summed E-state index contributed by atoms with van der Waals surface area (Å²) in [7, 11) is 1.82. The Morgan fingerprint density at radius 2 is 1.90 bits per heavy atom. The summed E-state index contributed by atoms with van der Waals surface area (Å²) in [5.41, 5.74) is 0.764. The van der Waals surface area contributed by atoms with Crippen LogP contribution in [-0.2, 0) is 7.05 Å². The van der Waals surface area contributed by atoms with Gasteiger partial charge in [-0.15, -0.1) is 5.10 Å². The summed E-state index contributed by atoms with van der Waals surface area (Å²) in [5.74, 6) is 1.81. The molecule has 0 bridgehead atoms. The highest BCUT2D eigenvalue weighted by Crippen LogP contribution is 2.18. The van der Waals surface area contributed by atoms with Crippen LogP contribution in [-0.4, -0.2) is 49.6 Å². The van der Waals surface area contributed by atoms with Crippen LogP contribution in [0.4, 0.5) is 11.9 Å². The zero-order valence-electron chi connectivity index (χ0n) is 12.3. The lowest BCUT2D eigenvalue weighted by atomic mass is 10.4. The van der Waals surface area contributed by atoms with Crippen molar-refractivity contribution in [2.24, 2.45) is 7.05 Å². The van der Waals surface area contributed by atoms with Crippen molar-refractivity contribution in [1.29, 1.82) is 0 Å². The number of anilines is 2. The van der Waals surface area contributed by atoms with E-state index in [1.807, 2.05) is 14.0 Å². The Balaban J connectivity index is 2.48. The second-order valence-corrected chi connectivity index (χ2v) is 4.23. The normalized spacial score (nSPS) is 10.6. The topological polar surface area (TPSA) is 84.7 Å². The van der Waals surface area contributed by atoms with E-state index in [4.69, 9.17) is 0 Å². The summed E-state index contributed by atoms with van der Waals surface area (Å²) < 4.78 is 1.65. The highest BCUT2D eigenvalue weighted by atomic mass is 15.4. The molecule has 0 aliphatic rings. The van der Waals surface area contributed by atoms with E-state index < -0.39 is 0 Å². The first-order valence-electron chi connectivity index (χ1n) is 6.79. The molecule has 8 heteroatoms. The molecule has 0 aliphatic carbocycles. The van der Waals surface area contributed by atoms with E-state index in [9.17, 15) is 0 Å². The van der Waals surface area contributed by atoms with Crippen molar-refractivity contribution in [3.63, 3.8) is 0 Å². The summed E-state index contributed by atoms with van der Waals surface area (Å²) in [6.45, 7) is 8.60. The zero-order chi connectivity index (χ0) is 14.5. The monoisotopic (exact) mass is 276 g/mol. The Morgan fingerprint density at radius 1 is 1.15 bits per heavy atom. The van der Waals surface area contributed by atoms with Crippen molar-refractivity contribution in [3.8, 4) is 11.5 Å². The number of hydrogen-bond donors (Lipinski definition) is 1. The molecule has 0 saturated carbocycles. The van der Waals surface area contributed by atoms with Gasteiger partial charge in [0.05, 0.1) is 6.20 Å². The molecule has 2 heterocycles. The summed E-state index contributed by atoms with van der Waals surface area (Å²) in [4.78, 5) is 15.5. The van der Waals surface area contributed by atoms with Gasteiger partial charge in [-0.3, -0.25) is 0 Å². The fourth-order valence-electron chi connectivity index (χ4n) is 1.86. The van der Waals surface area contributed by atoms with Crippen LogP contribution < -0.4 is 10.2 Å². The molecule has 0 fully saturated rings. The summed E-state index contributed by atoms with van der Waals surface area (Å²) in [6.07, 6.45) is 1.65. The number of hydrogen-bond acceptors (Lipinski definition) is 7. The Bertz CT molecular complexity index is 560. The number of aromatic nitrogens is 6. The number of nitrogens with one attached hydrogen (secondary N) is 1. The third kappa shape index (κ3) is 2.84. The average molecular weight is 276 g/mol. The van der Waals surface area contributed by atoms with Crippen molar-refractivity contribution < 1.29 is 0 Å². The second kappa shape index (κ2) is 6.27. The van der Waals surface area contributed by atoms with Crippen LogP contribution in [0.25, 0.3) is 11.5 Å². The smallest absolute Gasteiger partial charge is 0.230 e. The summed E-state index contributed by atoms with van der Waals surface area (Å²) >= 11 is 0. The average Bonchev–Trinajstić information content (AvgIpc) is 2.87. The van der Waals surface area contributed by atoms with Gasteiger partial charge in [0.25, 0.3) is 0 Å². The van der Waals surface area contributed by atoms with E-state index in [0.29, 0.717) is 17.7 Å². The molecule has 20 heavy (non-hydrogen) atoms. The molecule has 2 aromatic rings. The second-order valence-electron chi connectivity index (χ2n) is 4.23. The van der Waals surface area contributed by atoms with Crippen LogP contribution in [0.5, 0.6) is 0 Å². The van der Waals surface area contributed by atoms with E-state index in [2.05, 4.69) is 49.3 Å². The quantitative estimate of drug-likeness (QED) is 0.840. The minimum atomic E-state index is 0.570. The molecule has 0 atom stereocenters. The molecule has 0 spiro atoms. The van der Waals surface area contributed by atoms with Crippen LogP contribution in [0.1, 0.15) is 20.8 Å². The Hall–Kier alpha value is -2.25. The fourth-order valence-corrected chi connectivity index (χ4v) is 1.86. The number of aryl methyl sites for hydroxylation is 1. The molecule has 2 rings (SSSR count). The zero-order valence-corrected chi connectivity index (χ0v) is 12.3. The van der Waals surface area contributed by atoms with Gasteiger partial charge in [0, 0.05) is 26.7 Å². The maximum atomic E-state index is 4.52. The lowest BCUT2D eigenvalue weighted by Crippen LogP contribution is -2.25. The van der Waals surface area contributed by atoms with Gasteiger partial charge in [-0.25, -0.2) is 4.68 Å². The summed E-state index contributed by atoms with van der Waals surface area (Å²) in [6, 6.07) is 0. The van der Waals surface area contributed by atoms with Gasteiger partial charge in [-0.1, -0.05) is 5.21 Å². The van der Waals surface area contributed by atoms with Gasteiger partial charge in [0.15, 0.2) is 5.82 Å². The molecule has 2 aromatic heterocycles. The maximum Gasteiger partial charge on any atom is 0.230 e. The molecule has 1 N–H and O–H groups in total. The minimum Gasteiger partial charge on any atom is -0.354 e. The first-order chi connectivity index (χ1) is 9.69. The van der Waals surface area contributed by atoms with Gasteiger partial charge in [0.2, 0.25) is 11.9 Å². The van der Waals surface area contributed by atoms with Gasteiger partial charge in [0.1, 0.15) is 5.69 Å². The third-order valence-electron chi connectivity index (χ3n) is 2.95. The van der Waals surface area contributed by atoms with Crippen LogP contribution in [0, 0.1) is 0 Å². The van der Waals surface area contributed by atoms with Gasteiger partial charge < -0.3 is 10.2 Å². The highest BCUT2D eigenvalue weighted by Gasteiger charge is 2.14. The minimum absolute atomic E-state index is 0.570. The Labute approximate surface area is 118 Å². The molecular weight excluding hydrogens is 256 g/mol. The molecule has 0 aromatic carbocycles. The lowest BCUT2D eigenvalue weighted by molar-refractivity contribution is 0.715. The maximum absolute atomic E-state index is 4.52. The Kier molecular flexibility index (Phi) is 4.44. The third-order valence-corrected chi connectivity index (χ3v) is 2.95. The van der Waals surface area contributed by atoms with Gasteiger partial charge in [-0.05, 0) is 20.8 Å². The highest BCUT2D eigenvalue weighted by molar-refractivity contribution is 5.53. The molecular formula is C12H20N8. The van der Waals surface area contributed by atoms with E-state index in [0.717, 1.165) is 25.3 Å². The predicted octanol–water partition coefficient (Wildman–Crippen LogP) is 0.945. The SMILES string of the molecule is CCNc1nc(-c2cnnn2C)nc(N(CC)CC)n1. The van der Waals surface area contributed by atoms with Crippen LogP contribution in [0.15, 0.2) is 6.20 Å². The van der Waals surface area contributed by atoms with Crippen LogP contribution in [0.3, 0.4) is 0 Å². The van der Waals surface area contributed by atoms with Crippen LogP contribution >= 0.6 is 0 Å². The molecule has 0 amide bonds. The molecule has 0 unspecified atom stereocenters. The summed E-state index contributed by atoms with van der Waals surface area (Å²) in [5, 5.41) is 10.9. The molecule has 0 saturated heterocycles. The van der Waals surface area contributed by atoms with Crippen molar-refractivity contribution in [2.45, 2.75) is 20.8 Å². The van der Waals surface area contributed by atoms with Crippen molar-refractivity contribution >= 4 is 11.9 Å². The molecule has 8 nitrogen and oxygen atoms in total. The number of nitrogens with zero attached hydrogens (tertiary/aromatic N) is 7. The first kappa shape index (κ1) is 14.2. The van der Waals surface area contributed by atoms with Gasteiger partial charge in [-0.2, -0.15) is 15.0 Å². The molecule has 108 valence electrons. The van der Waals surface area contributed by atoms with Crippen molar-refractivity contribution in [1.82, 2.24) is 29.9 Å². The fraction of sp³-hybridized carbons (Fsp3) is 0.583. The van der Waals surface area contributed by atoms with Gasteiger partial charge >= 0.3 is 0 Å². The van der Waals surface area contributed by atoms with E-state index in [-0.39, 0.29) is 0 Å². The molecule has 0 radical (unpaired) electrons. The predicted molar refractivity (Wildman–Crippen MR) is 77.5 cm³/mol.